The van der Waals surface area contributed by atoms with E-state index in [9.17, 15) is 9.59 Å². The number of Topliss-reactive ketones (excluding diaryl/α,β-unsaturated/α-hetero) is 1. The highest BCUT2D eigenvalue weighted by atomic mass is 32.1. The zero-order valence-electron chi connectivity index (χ0n) is 12.7. The van der Waals surface area contributed by atoms with Crippen molar-refractivity contribution in [3.8, 4) is 0 Å². The van der Waals surface area contributed by atoms with Crippen LogP contribution in [0, 0.1) is 0 Å². The van der Waals surface area contributed by atoms with E-state index < -0.39 is 5.91 Å². The fourth-order valence-electron chi connectivity index (χ4n) is 2.74. The molecule has 1 aromatic heterocycles. The van der Waals surface area contributed by atoms with Crippen LogP contribution in [-0.4, -0.2) is 49.8 Å². The number of nitrogens with zero attached hydrogens (tertiary/aromatic N) is 2. The molecule has 1 amide bonds. The Bertz CT molecular complexity index is 560. The third-order valence-corrected chi connectivity index (χ3v) is 5.34. The Kier molecular flexibility index (Phi) is 4.53. The van der Waals surface area contributed by atoms with Crippen LogP contribution in [-0.2, 0) is 0 Å². The fourth-order valence-corrected chi connectivity index (χ4v) is 3.91. The highest BCUT2D eigenvalue weighted by molar-refractivity contribution is 7.19. The molecule has 0 unspecified atom stereocenters. The summed E-state index contributed by atoms with van der Waals surface area (Å²) >= 11 is 1.28. The van der Waals surface area contributed by atoms with Crippen molar-refractivity contribution in [2.45, 2.75) is 25.8 Å². The molecule has 1 aliphatic rings. The van der Waals surface area contributed by atoms with Gasteiger partial charge in [-0.3, -0.25) is 9.59 Å². The normalized spacial score (nSPS) is 16.5. The molecule has 6 nitrogen and oxygen atoms in total. The van der Waals surface area contributed by atoms with Crippen molar-refractivity contribution in [1.29, 1.82) is 0 Å². The van der Waals surface area contributed by atoms with Gasteiger partial charge in [-0.05, 0) is 26.9 Å². The molecule has 1 fully saturated rings. The summed E-state index contributed by atoms with van der Waals surface area (Å²) in [6.07, 6.45) is 2.02. The summed E-state index contributed by atoms with van der Waals surface area (Å²) in [6.45, 7) is 3.12. The fraction of sp³-hybridized carbons (Fsp3) is 0.571. The van der Waals surface area contributed by atoms with Gasteiger partial charge in [0, 0.05) is 26.1 Å². The Balaban J connectivity index is 2.30. The average molecular weight is 310 g/mol. The second-order valence-electron chi connectivity index (χ2n) is 5.63. The minimum atomic E-state index is -0.569. The Morgan fingerprint density at radius 1 is 1.29 bits per heavy atom. The van der Waals surface area contributed by atoms with Gasteiger partial charge in [0.15, 0.2) is 5.78 Å². The minimum Gasteiger partial charge on any atom is -0.397 e. The van der Waals surface area contributed by atoms with E-state index in [4.69, 9.17) is 11.5 Å². The van der Waals surface area contributed by atoms with E-state index >= 15 is 0 Å². The van der Waals surface area contributed by atoms with Gasteiger partial charge in [-0.15, -0.1) is 11.3 Å². The Hall–Kier alpha value is -1.60. The van der Waals surface area contributed by atoms with Gasteiger partial charge in [-0.2, -0.15) is 0 Å². The highest BCUT2D eigenvalue weighted by Gasteiger charge is 2.28. The number of nitrogens with two attached hydrogens (primary N) is 2. The van der Waals surface area contributed by atoms with Gasteiger partial charge in [0.1, 0.15) is 5.00 Å². The molecular weight excluding hydrogens is 288 g/mol. The van der Waals surface area contributed by atoms with Gasteiger partial charge in [0.2, 0.25) is 0 Å². The number of carbonyl (C=O) groups is 2. The standard InChI is InChI=1S/C14H22N4O2S/c1-8(19)12-11(15)10(13(16)20)14(21-12)18-6-4-9(5-7-18)17(2)3/h9H,4-7,15H2,1-3H3,(H2,16,20). The molecular formula is C14H22N4O2S. The summed E-state index contributed by atoms with van der Waals surface area (Å²) in [5.41, 5.74) is 11.9. The van der Waals surface area contributed by atoms with Crippen molar-refractivity contribution in [2.75, 3.05) is 37.8 Å². The first-order chi connectivity index (χ1) is 9.82. The molecule has 0 aliphatic carbocycles. The lowest BCUT2D eigenvalue weighted by Gasteiger charge is -2.36. The van der Waals surface area contributed by atoms with E-state index in [1.165, 1.54) is 18.3 Å². The number of hydrogen-bond donors (Lipinski definition) is 2. The van der Waals surface area contributed by atoms with E-state index in [1.54, 1.807) is 0 Å². The van der Waals surface area contributed by atoms with Crippen LogP contribution in [0.2, 0.25) is 0 Å². The largest absolute Gasteiger partial charge is 0.397 e. The molecule has 0 saturated carbocycles. The number of hydrogen-bond acceptors (Lipinski definition) is 6. The number of anilines is 2. The number of ketones is 1. The van der Waals surface area contributed by atoms with Crippen LogP contribution in [0.4, 0.5) is 10.7 Å². The first-order valence-corrected chi connectivity index (χ1v) is 7.79. The second-order valence-corrected chi connectivity index (χ2v) is 6.63. The number of piperidine rings is 1. The molecule has 0 aromatic carbocycles. The quantitative estimate of drug-likeness (QED) is 0.814. The molecule has 0 spiro atoms. The first-order valence-electron chi connectivity index (χ1n) is 6.97. The van der Waals surface area contributed by atoms with Crippen molar-refractivity contribution >= 4 is 33.7 Å². The van der Waals surface area contributed by atoms with E-state index in [1.807, 2.05) is 0 Å². The Labute approximate surface area is 128 Å². The Morgan fingerprint density at radius 2 is 1.86 bits per heavy atom. The number of amides is 1. The van der Waals surface area contributed by atoms with Gasteiger partial charge in [-0.1, -0.05) is 0 Å². The van der Waals surface area contributed by atoms with Gasteiger partial charge in [0.25, 0.3) is 5.91 Å². The van der Waals surface area contributed by atoms with E-state index in [0.29, 0.717) is 16.5 Å². The molecule has 0 bridgehead atoms. The number of carbonyl (C=O) groups excluding carboxylic acids is 2. The van der Waals surface area contributed by atoms with Gasteiger partial charge < -0.3 is 21.3 Å². The third kappa shape index (κ3) is 3.03. The van der Waals surface area contributed by atoms with Gasteiger partial charge in [0.05, 0.1) is 16.1 Å². The maximum atomic E-state index is 11.7. The number of nitrogen functional groups attached to an aromatic ring is 1. The van der Waals surface area contributed by atoms with Crippen molar-refractivity contribution in [3.63, 3.8) is 0 Å². The first kappa shape index (κ1) is 15.8. The summed E-state index contributed by atoms with van der Waals surface area (Å²) in [4.78, 5) is 28.1. The topological polar surface area (TPSA) is 92.7 Å². The number of thiophene rings is 1. The second kappa shape index (κ2) is 6.03. The maximum Gasteiger partial charge on any atom is 0.253 e. The van der Waals surface area contributed by atoms with Crippen molar-refractivity contribution in [2.24, 2.45) is 5.73 Å². The van der Waals surface area contributed by atoms with Crippen molar-refractivity contribution in [1.82, 2.24) is 4.90 Å². The average Bonchev–Trinajstić information content (AvgIpc) is 2.76. The van der Waals surface area contributed by atoms with Crippen LogP contribution in [0.25, 0.3) is 0 Å². The molecule has 2 rings (SSSR count). The molecule has 0 atom stereocenters. The predicted molar refractivity (Wildman–Crippen MR) is 86.2 cm³/mol. The van der Waals surface area contributed by atoms with E-state index in [0.717, 1.165) is 30.9 Å². The van der Waals surface area contributed by atoms with Crippen LogP contribution in [0.15, 0.2) is 0 Å². The molecule has 116 valence electrons. The van der Waals surface area contributed by atoms with Crippen LogP contribution in [0.5, 0.6) is 0 Å². The SMILES string of the molecule is CC(=O)c1sc(N2CCC(N(C)C)CC2)c(C(N)=O)c1N. The molecule has 1 aliphatic heterocycles. The molecule has 7 heteroatoms. The zero-order chi connectivity index (χ0) is 15.7. The lowest BCUT2D eigenvalue weighted by Crippen LogP contribution is -2.42. The van der Waals surface area contributed by atoms with Gasteiger partial charge >= 0.3 is 0 Å². The molecule has 0 radical (unpaired) electrons. The maximum absolute atomic E-state index is 11.7. The summed E-state index contributed by atoms with van der Waals surface area (Å²) in [5, 5.41) is 0.738. The molecule has 21 heavy (non-hydrogen) atoms. The van der Waals surface area contributed by atoms with Crippen LogP contribution >= 0.6 is 11.3 Å². The Morgan fingerprint density at radius 3 is 2.29 bits per heavy atom. The summed E-state index contributed by atoms with van der Waals surface area (Å²) in [5.74, 6) is -0.699. The van der Waals surface area contributed by atoms with Crippen LogP contribution in [0.3, 0.4) is 0 Å². The predicted octanol–water partition coefficient (Wildman–Crippen LogP) is 1.16. The molecule has 1 aromatic rings. The summed E-state index contributed by atoms with van der Waals surface area (Å²) < 4.78 is 0. The zero-order valence-corrected chi connectivity index (χ0v) is 13.5. The third-order valence-electron chi connectivity index (χ3n) is 3.97. The number of primary amides is 1. The summed E-state index contributed by atoms with van der Waals surface area (Å²) in [7, 11) is 4.15. The lowest BCUT2D eigenvalue weighted by molar-refractivity contribution is 0.100. The van der Waals surface area contributed by atoms with E-state index in [-0.39, 0.29) is 11.5 Å². The van der Waals surface area contributed by atoms with Crippen LogP contribution < -0.4 is 16.4 Å². The smallest absolute Gasteiger partial charge is 0.253 e. The molecule has 4 N–H and O–H groups in total. The molecule has 1 saturated heterocycles. The number of rotatable bonds is 4. The lowest BCUT2D eigenvalue weighted by atomic mass is 10.0. The van der Waals surface area contributed by atoms with Crippen molar-refractivity contribution < 1.29 is 9.59 Å². The summed E-state index contributed by atoms with van der Waals surface area (Å²) in [6, 6.07) is 0.544. The molecule has 2 heterocycles. The highest BCUT2D eigenvalue weighted by Crippen LogP contribution is 2.39. The van der Waals surface area contributed by atoms with E-state index in [2.05, 4.69) is 23.9 Å². The van der Waals surface area contributed by atoms with Gasteiger partial charge in [-0.25, -0.2) is 0 Å². The van der Waals surface area contributed by atoms with Crippen molar-refractivity contribution in [3.05, 3.63) is 10.4 Å². The monoisotopic (exact) mass is 310 g/mol. The van der Waals surface area contributed by atoms with Crippen LogP contribution in [0.1, 0.15) is 39.8 Å². The minimum absolute atomic E-state index is 0.130.